The minimum absolute atomic E-state index is 0.113. The summed E-state index contributed by atoms with van der Waals surface area (Å²) in [6.45, 7) is 1.97. The second-order valence-corrected chi connectivity index (χ2v) is 4.13. The fourth-order valence-corrected chi connectivity index (χ4v) is 2.17. The van der Waals surface area contributed by atoms with Crippen LogP contribution in [0.15, 0.2) is 18.2 Å². The van der Waals surface area contributed by atoms with Crippen LogP contribution in [0.1, 0.15) is 10.4 Å². The van der Waals surface area contributed by atoms with Crippen molar-refractivity contribution in [2.45, 2.75) is 0 Å². The molecular formula is C11H12BrN2O. The number of Topliss-reactive ketones (excluding diaryl/α,β-unsaturated/α-hetero) is 1. The van der Waals surface area contributed by atoms with Crippen molar-refractivity contribution in [1.29, 1.82) is 0 Å². The molecule has 4 heteroatoms. The number of anilines is 2. The molecule has 1 aliphatic rings. The van der Waals surface area contributed by atoms with E-state index in [9.17, 15) is 4.79 Å². The van der Waals surface area contributed by atoms with Crippen LogP contribution in [0.4, 0.5) is 11.4 Å². The Bertz CT molecular complexity index is 406. The molecule has 0 aromatic heterocycles. The molecule has 0 aliphatic carbocycles. The van der Waals surface area contributed by atoms with Gasteiger partial charge in [-0.3, -0.25) is 4.79 Å². The van der Waals surface area contributed by atoms with Crippen LogP contribution in [-0.4, -0.2) is 25.2 Å². The molecule has 1 radical (unpaired) electrons. The van der Waals surface area contributed by atoms with E-state index in [1.54, 1.807) is 0 Å². The van der Waals surface area contributed by atoms with E-state index in [0.717, 1.165) is 16.9 Å². The largest absolute Gasteiger partial charge is 0.349 e. The Morgan fingerprint density at radius 1 is 1.33 bits per heavy atom. The SMILES string of the molecule is CN1[CH]N(C)c2c(C(=O)CBr)cccc21. The molecule has 3 nitrogen and oxygen atoms in total. The second kappa shape index (κ2) is 3.85. The van der Waals surface area contributed by atoms with E-state index >= 15 is 0 Å². The van der Waals surface area contributed by atoms with Crippen LogP contribution in [0.3, 0.4) is 0 Å². The van der Waals surface area contributed by atoms with Crippen molar-refractivity contribution in [3.8, 4) is 0 Å². The molecule has 0 N–H and O–H groups in total. The topological polar surface area (TPSA) is 23.6 Å². The van der Waals surface area contributed by atoms with E-state index in [0.29, 0.717) is 5.33 Å². The normalized spacial score (nSPS) is 14.3. The minimum atomic E-state index is 0.113. The number of halogens is 1. The van der Waals surface area contributed by atoms with Gasteiger partial charge in [-0.05, 0) is 12.1 Å². The van der Waals surface area contributed by atoms with Gasteiger partial charge in [-0.25, -0.2) is 0 Å². The van der Waals surface area contributed by atoms with Gasteiger partial charge < -0.3 is 9.80 Å². The molecule has 1 aromatic rings. The molecule has 1 heterocycles. The maximum Gasteiger partial charge on any atom is 0.175 e. The molecule has 1 aromatic carbocycles. The second-order valence-electron chi connectivity index (χ2n) is 3.57. The lowest BCUT2D eigenvalue weighted by Crippen LogP contribution is -2.18. The molecule has 0 saturated carbocycles. The summed E-state index contributed by atoms with van der Waals surface area (Å²) in [6.07, 6.45) is 0. The number of hydrogen-bond donors (Lipinski definition) is 0. The zero-order valence-corrected chi connectivity index (χ0v) is 10.3. The lowest BCUT2D eigenvalue weighted by Gasteiger charge is -2.12. The van der Waals surface area contributed by atoms with Crippen molar-refractivity contribution in [2.24, 2.45) is 0 Å². The Morgan fingerprint density at radius 2 is 2.07 bits per heavy atom. The summed E-state index contributed by atoms with van der Waals surface area (Å²) in [5.41, 5.74) is 2.83. The fourth-order valence-electron chi connectivity index (χ4n) is 1.86. The molecule has 79 valence electrons. The summed E-state index contributed by atoms with van der Waals surface area (Å²) in [4.78, 5) is 15.7. The third kappa shape index (κ3) is 1.63. The van der Waals surface area contributed by atoms with E-state index in [1.807, 2.05) is 48.8 Å². The van der Waals surface area contributed by atoms with Crippen molar-refractivity contribution in [2.75, 3.05) is 29.2 Å². The smallest absolute Gasteiger partial charge is 0.175 e. The number of benzene rings is 1. The van der Waals surface area contributed by atoms with Crippen molar-refractivity contribution in [1.82, 2.24) is 0 Å². The average molecular weight is 268 g/mol. The zero-order valence-electron chi connectivity index (χ0n) is 8.70. The van der Waals surface area contributed by atoms with Crippen molar-refractivity contribution >= 4 is 33.1 Å². The van der Waals surface area contributed by atoms with Crippen LogP contribution in [0.2, 0.25) is 0 Å². The summed E-state index contributed by atoms with van der Waals surface area (Å²) < 4.78 is 0. The van der Waals surface area contributed by atoms with Crippen molar-refractivity contribution in [3.63, 3.8) is 0 Å². The zero-order chi connectivity index (χ0) is 11.0. The summed E-state index contributed by atoms with van der Waals surface area (Å²) >= 11 is 3.20. The summed E-state index contributed by atoms with van der Waals surface area (Å²) in [7, 11) is 3.93. The first-order valence-corrected chi connectivity index (χ1v) is 5.80. The number of rotatable bonds is 2. The highest BCUT2D eigenvalue weighted by Gasteiger charge is 2.25. The number of carbonyl (C=O) groups excluding carboxylic acids is 1. The van der Waals surface area contributed by atoms with Crippen LogP contribution < -0.4 is 9.80 Å². The Kier molecular flexibility index (Phi) is 2.69. The predicted octanol–water partition coefficient (Wildman–Crippen LogP) is 2.27. The van der Waals surface area contributed by atoms with Crippen LogP contribution in [0, 0.1) is 6.67 Å². The first-order chi connectivity index (χ1) is 7.15. The first-order valence-electron chi connectivity index (χ1n) is 4.68. The highest BCUT2D eigenvalue weighted by molar-refractivity contribution is 9.09. The van der Waals surface area contributed by atoms with E-state index in [1.165, 1.54) is 0 Å². The van der Waals surface area contributed by atoms with Gasteiger partial charge in [-0.1, -0.05) is 22.0 Å². The molecule has 0 unspecified atom stereocenters. The highest BCUT2D eigenvalue weighted by atomic mass is 79.9. The Balaban J connectivity index is 2.55. The number of para-hydroxylation sites is 1. The summed E-state index contributed by atoms with van der Waals surface area (Å²) in [5, 5.41) is 0.362. The maximum absolute atomic E-state index is 11.7. The first kappa shape index (κ1) is 10.5. The lowest BCUT2D eigenvalue weighted by atomic mass is 10.1. The number of alkyl halides is 1. The number of hydrogen-bond acceptors (Lipinski definition) is 3. The molecule has 15 heavy (non-hydrogen) atoms. The van der Waals surface area contributed by atoms with E-state index in [2.05, 4.69) is 15.9 Å². The fraction of sp³-hybridized carbons (Fsp3) is 0.273. The molecule has 0 spiro atoms. The standard InChI is InChI=1S/C11H12BrN2O/c1-13-7-14(2)11-8(10(15)6-12)4-3-5-9(11)13/h3-5,7H,6H2,1-2H3. The van der Waals surface area contributed by atoms with Gasteiger partial charge in [0.05, 0.1) is 16.7 Å². The van der Waals surface area contributed by atoms with Gasteiger partial charge in [0, 0.05) is 19.7 Å². The Labute approximate surface area is 97.8 Å². The predicted molar refractivity (Wildman–Crippen MR) is 65.7 cm³/mol. The quantitative estimate of drug-likeness (QED) is 0.607. The van der Waals surface area contributed by atoms with E-state index < -0.39 is 0 Å². The molecule has 0 bridgehead atoms. The Hall–Kier alpha value is -1.03. The molecule has 0 atom stereocenters. The van der Waals surface area contributed by atoms with Gasteiger partial charge in [-0.15, -0.1) is 0 Å². The van der Waals surface area contributed by atoms with Gasteiger partial charge in [0.2, 0.25) is 0 Å². The minimum Gasteiger partial charge on any atom is -0.349 e. The van der Waals surface area contributed by atoms with Crippen LogP contribution >= 0.6 is 15.9 Å². The lowest BCUT2D eigenvalue weighted by molar-refractivity contribution is 0.102. The van der Waals surface area contributed by atoms with Crippen LogP contribution in [0.25, 0.3) is 0 Å². The molecule has 0 saturated heterocycles. The van der Waals surface area contributed by atoms with Crippen LogP contribution in [-0.2, 0) is 0 Å². The van der Waals surface area contributed by atoms with Gasteiger partial charge in [0.1, 0.15) is 6.67 Å². The van der Waals surface area contributed by atoms with Gasteiger partial charge in [0.15, 0.2) is 5.78 Å². The average Bonchev–Trinajstić information content (AvgIpc) is 2.54. The summed E-state index contributed by atoms with van der Waals surface area (Å²) in [5.74, 6) is 0.113. The van der Waals surface area contributed by atoms with Crippen molar-refractivity contribution < 1.29 is 4.79 Å². The number of ketones is 1. The molecule has 1 aliphatic heterocycles. The van der Waals surface area contributed by atoms with Gasteiger partial charge in [0.25, 0.3) is 0 Å². The highest BCUT2D eigenvalue weighted by Crippen LogP contribution is 2.38. The molecule has 2 rings (SSSR count). The number of carbonyl (C=O) groups is 1. The van der Waals surface area contributed by atoms with Gasteiger partial charge in [-0.2, -0.15) is 0 Å². The molecule has 0 amide bonds. The maximum atomic E-state index is 11.7. The molecular weight excluding hydrogens is 256 g/mol. The monoisotopic (exact) mass is 267 g/mol. The number of fused-ring (bicyclic) bond motifs is 1. The van der Waals surface area contributed by atoms with Gasteiger partial charge >= 0.3 is 0 Å². The van der Waals surface area contributed by atoms with E-state index in [4.69, 9.17) is 0 Å². The van der Waals surface area contributed by atoms with Crippen molar-refractivity contribution in [3.05, 3.63) is 30.4 Å². The third-order valence-corrected chi connectivity index (χ3v) is 3.02. The number of nitrogens with zero attached hydrogens (tertiary/aromatic N) is 2. The van der Waals surface area contributed by atoms with Crippen LogP contribution in [0.5, 0.6) is 0 Å². The summed E-state index contributed by atoms with van der Waals surface area (Å²) in [6, 6.07) is 5.80. The third-order valence-electron chi connectivity index (χ3n) is 2.52. The Morgan fingerprint density at radius 3 is 2.73 bits per heavy atom. The van der Waals surface area contributed by atoms with E-state index in [-0.39, 0.29) is 5.78 Å². The molecule has 0 fully saturated rings.